The van der Waals surface area contributed by atoms with Crippen LogP contribution in [0.4, 0.5) is 13.2 Å². The molecule has 2 aliphatic carbocycles. The lowest BCUT2D eigenvalue weighted by atomic mass is 9.66. The number of nitrogens with one attached hydrogen (secondary N) is 2. The number of H-pyrrole nitrogens is 1. The topological polar surface area (TPSA) is 34.3 Å². The van der Waals surface area contributed by atoms with Gasteiger partial charge in [-0.3, -0.25) is 4.90 Å². The van der Waals surface area contributed by atoms with Gasteiger partial charge in [-0.05, 0) is 86.2 Å². The normalized spacial score (nSPS) is 32.0. The standard InChI is InChI=1S/C31H41F3N4/c1-21-26-20-37(14-10-24-18-35-12-15-38(24)19-22-6-4-3-5-7-22)13-9-23(26)16-28-29(21)25-17-30(2,31(32,33)34)11-8-27(25)36-28/h3-8,11,21,23-24,26,35-36H,9-10,12-20H2,1-2H3/t21-,23?,24?,26-,30-/m1/s1. The van der Waals surface area contributed by atoms with Crippen molar-refractivity contribution in [3.63, 3.8) is 0 Å². The first-order valence-electron chi connectivity index (χ1n) is 14.4. The van der Waals surface area contributed by atoms with Crippen molar-refractivity contribution in [2.45, 2.75) is 64.2 Å². The van der Waals surface area contributed by atoms with Crippen LogP contribution in [0.1, 0.15) is 60.7 Å². The van der Waals surface area contributed by atoms with Crippen molar-refractivity contribution in [2.24, 2.45) is 17.3 Å². The van der Waals surface area contributed by atoms with Gasteiger partial charge in [-0.25, -0.2) is 0 Å². The molecule has 2 unspecified atom stereocenters. The third kappa shape index (κ3) is 4.86. The zero-order valence-electron chi connectivity index (χ0n) is 22.7. The van der Waals surface area contributed by atoms with E-state index in [1.54, 1.807) is 6.08 Å². The van der Waals surface area contributed by atoms with E-state index in [1.165, 1.54) is 36.2 Å². The molecule has 4 aliphatic rings. The second-order valence-corrected chi connectivity index (χ2v) is 12.4. The number of piperidine rings is 1. The van der Waals surface area contributed by atoms with Gasteiger partial charge in [-0.1, -0.05) is 43.3 Å². The zero-order valence-corrected chi connectivity index (χ0v) is 22.7. The number of fused-ring (bicyclic) bond motifs is 4. The number of rotatable bonds is 5. The molecule has 0 saturated carbocycles. The van der Waals surface area contributed by atoms with E-state index in [9.17, 15) is 13.2 Å². The molecule has 7 heteroatoms. The van der Waals surface area contributed by atoms with E-state index in [-0.39, 0.29) is 12.3 Å². The summed E-state index contributed by atoms with van der Waals surface area (Å²) in [7, 11) is 0. The number of allylic oxidation sites excluding steroid dienone is 1. The van der Waals surface area contributed by atoms with Gasteiger partial charge in [-0.2, -0.15) is 13.2 Å². The van der Waals surface area contributed by atoms with E-state index in [1.807, 2.05) is 0 Å². The summed E-state index contributed by atoms with van der Waals surface area (Å²) in [4.78, 5) is 8.80. The maximum atomic E-state index is 13.9. The molecule has 0 spiro atoms. The minimum atomic E-state index is -4.24. The summed E-state index contributed by atoms with van der Waals surface area (Å²) in [6.45, 7) is 11.0. The second kappa shape index (κ2) is 10.1. The molecule has 4 nitrogen and oxygen atoms in total. The second-order valence-electron chi connectivity index (χ2n) is 12.4. The zero-order chi connectivity index (χ0) is 26.5. The summed E-state index contributed by atoms with van der Waals surface area (Å²) in [5.74, 6) is 1.39. The number of hydrogen-bond donors (Lipinski definition) is 2. The molecule has 206 valence electrons. The van der Waals surface area contributed by atoms with Crippen LogP contribution >= 0.6 is 0 Å². The van der Waals surface area contributed by atoms with Gasteiger partial charge in [-0.15, -0.1) is 0 Å². The van der Waals surface area contributed by atoms with Crippen molar-refractivity contribution in [1.82, 2.24) is 20.1 Å². The summed E-state index contributed by atoms with van der Waals surface area (Å²) >= 11 is 0. The van der Waals surface area contributed by atoms with Crippen LogP contribution in [0.25, 0.3) is 6.08 Å². The molecule has 1 aromatic carbocycles. The van der Waals surface area contributed by atoms with E-state index in [4.69, 9.17) is 0 Å². The van der Waals surface area contributed by atoms with Crippen LogP contribution < -0.4 is 5.32 Å². The average Bonchev–Trinajstić information content (AvgIpc) is 3.26. The van der Waals surface area contributed by atoms with Crippen LogP contribution in [-0.2, 0) is 19.4 Å². The maximum Gasteiger partial charge on any atom is 0.397 e. The average molecular weight is 527 g/mol. The lowest BCUT2D eigenvalue weighted by Gasteiger charge is -2.46. The Bertz CT molecular complexity index is 1160. The summed E-state index contributed by atoms with van der Waals surface area (Å²) in [5, 5.41) is 3.60. The van der Waals surface area contributed by atoms with Gasteiger partial charge in [0.05, 0.1) is 5.41 Å². The van der Waals surface area contributed by atoms with Gasteiger partial charge in [0.25, 0.3) is 0 Å². The Morgan fingerprint density at radius 2 is 1.95 bits per heavy atom. The molecule has 5 atom stereocenters. The number of halogens is 3. The molecule has 2 aromatic rings. The van der Waals surface area contributed by atoms with E-state index in [2.05, 4.69) is 57.4 Å². The smallest absolute Gasteiger partial charge is 0.358 e. The summed E-state index contributed by atoms with van der Waals surface area (Å²) in [6, 6.07) is 11.3. The maximum absolute atomic E-state index is 13.9. The van der Waals surface area contributed by atoms with E-state index in [0.717, 1.165) is 69.9 Å². The Labute approximate surface area is 224 Å². The molecule has 2 N–H and O–H groups in total. The lowest BCUT2D eigenvalue weighted by molar-refractivity contribution is -0.199. The monoisotopic (exact) mass is 526 g/mol. The molecule has 0 amide bonds. The Hall–Kier alpha value is -2.09. The Morgan fingerprint density at radius 1 is 1.13 bits per heavy atom. The number of nitrogens with zero attached hydrogens (tertiary/aromatic N) is 2. The van der Waals surface area contributed by atoms with Gasteiger partial charge < -0.3 is 15.2 Å². The van der Waals surface area contributed by atoms with Gasteiger partial charge in [0, 0.05) is 50.2 Å². The fourth-order valence-corrected chi connectivity index (χ4v) is 7.61. The van der Waals surface area contributed by atoms with E-state index < -0.39 is 11.6 Å². The molecule has 0 radical (unpaired) electrons. The van der Waals surface area contributed by atoms with Crippen molar-refractivity contribution in [3.8, 4) is 0 Å². The van der Waals surface area contributed by atoms with Crippen molar-refractivity contribution >= 4 is 6.08 Å². The Kier molecular flexibility index (Phi) is 6.98. The van der Waals surface area contributed by atoms with Crippen molar-refractivity contribution in [1.29, 1.82) is 0 Å². The van der Waals surface area contributed by atoms with Crippen LogP contribution in [0.5, 0.6) is 0 Å². The first kappa shape index (κ1) is 26.1. The summed E-state index contributed by atoms with van der Waals surface area (Å²) in [5.41, 5.74) is 3.78. The minimum Gasteiger partial charge on any atom is -0.358 e. The molecule has 0 bridgehead atoms. The number of aromatic nitrogens is 1. The van der Waals surface area contributed by atoms with Crippen LogP contribution in [0.2, 0.25) is 0 Å². The highest BCUT2D eigenvalue weighted by Gasteiger charge is 2.52. The van der Waals surface area contributed by atoms with Crippen molar-refractivity contribution in [3.05, 3.63) is 64.5 Å². The Balaban J connectivity index is 1.12. The first-order valence-corrected chi connectivity index (χ1v) is 14.4. The number of aromatic amines is 1. The van der Waals surface area contributed by atoms with Gasteiger partial charge in [0.1, 0.15) is 0 Å². The summed E-state index contributed by atoms with van der Waals surface area (Å²) < 4.78 is 41.7. The van der Waals surface area contributed by atoms with Crippen molar-refractivity contribution < 1.29 is 13.2 Å². The largest absolute Gasteiger partial charge is 0.397 e. The fraction of sp³-hybridized carbons (Fsp3) is 0.613. The highest BCUT2D eigenvalue weighted by atomic mass is 19.4. The SMILES string of the molecule is C[C@H]1c2c([nH]c3c2C[C@](C)(C(F)(F)F)C=C3)CC2CCN(CCC3CNCCN3Cc3ccccc3)C[C@@H]21. The van der Waals surface area contributed by atoms with Gasteiger partial charge in [0.2, 0.25) is 0 Å². The third-order valence-electron chi connectivity index (χ3n) is 10.0. The van der Waals surface area contributed by atoms with Crippen LogP contribution in [0.15, 0.2) is 36.4 Å². The molecule has 2 saturated heterocycles. The third-order valence-corrected chi connectivity index (χ3v) is 10.0. The van der Waals surface area contributed by atoms with Crippen LogP contribution in [0.3, 0.4) is 0 Å². The molecule has 3 heterocycles. The molecule has 1 aromatic heterocycles. The van der Waals surface area contributed by atoms with Crippen LogP contribution in [0, 0.1) is 17.3 Å². The Morgan fingerprint density at radius 3 is 2.74 bits per heavy atom. The number of piperazine rings is 1. The highest BCUT2D eigenvalue weighted by molar-refractivity contribution is 5.60. The highest BCUT2D eigenvalue weighted by Crippen LogP contribution is 2.51. The fourth-order valence-electron chi connectivity index (χ4n) is 7.61. The molecular weight excluding hydrogens is 485 g/mol. The van der Waals surface area contributed by atoms with Gasteiger partial charge >= 0.3 is 6.18 Å². The first-order chi connectivity index (χ1) is 18.2. The minimum absolute atomic E-state index is 0.0472. The molecule has 2 fully saturated rings. The molecule has 38 heavy (non-hydrogen) atoms. The van der Waals surface area contributed by atoms with E-state index >= 15 is 0 Å². The number of benzene rings is 1. The predicted octanol–water partition coefficient (Wildman–Crippen LogP) is 5.61. The number of likely N-dealkylation sites (tertiary alicyclic amines) is 1. The van der Waals surface area contributed by atoms with E-state index in [0.29, 0.717) is 17.9 Å². The number of hydrogen-bond acceptors (Lipinski definition) is 3. The molecule has 2 aliphatic heterocycles. The molecular formula is C31H41F3N4. The lowest BCUT2D eigenvalue weighted by Crippen LogP contribution is -2.52. The summed E-state index contributed by atoms with van der Waals surface area (Å²) in [6.07, 6.45) is 2.14. The quantitative estimate of drug-likeness (QED) is 0.531. The van der Waals surface area contributed by atoms with Gasteiger partial charge in [0.15, 0.2) is 0 Å². The molecule has 6 rings (SSSR count). The van der Waals surface area contributed by atoms with Crippen molar-refractivity contribution in [2.75, 3.05) is 39.3 Å². The number of alkyl halides is 3. The predicted molar refractivity (Wildman–Crippen MR) is 146 cm³/mol. The van der Waals surface area contributed by atoms with Crippen LogP contribution in [-0.4, -0.2) is 66.3 Å².